The van der Waals surface area contributed by atoms with Crippen LogP contribution in [-0.2, 0) is 19.1 Å². The summed E-state index contributed by atoms with van der Waals surface area (Å²) in [4.78, 5) is 23.7. The molecule has 0 aromatic rings. The molecule has 0 amide bonds. The average molecular weight is 224 g/mol. The zero-order chi connectivity index (χ0) is 12.3. The fourth-order valence-electron chi connectivity index (χ4n) is 1.93. The van der Waals surface area contributed by atoms with Crippen LogP contribution in [0, 0.1) is 5.41 Å². The zero-order valence-corrected chi connectivity index (χ0v) is 9.67. The number of Topliss-reactive ketones (excluding diaryl/α,β-unsaturated/α-hetero) is 1. The molecule has 1 saturated heterocycles. The van der Waals surface area contributed by atoms with Gasteiger partial charge in [-0.25, -0.2) is 0 Å². The number of carbonyl (C=O) groups is 2. The Kier molecular flexibility index (Phi) is 3.65. The first-order valence-electron chi connectivity index (χ1n) is 5.10. The van der Waals surface area contributed by atoms with Crippen molar-refractivity contribution in [3.8, 4) is 0 Å². The summed E-state index contributed by atoms with van der Waals surface area (Å²) in [5, 5.41) is 0. The predicted octanol–water partition coefficient (Wildman–Crippen LogP) is 1.27. The zero-order valence-electron chi connectivity index (χ0n) is 9.67. The van der Waals surface area contributed by atoms with Gasteiger partial charge in [-0.3, -0.25) is 9.59 Å². The highest BCUT2D eigenvalue weighted by atomic mass is 16.5. The van der Waals surface area contributed by atoms with Gasteiger partial charge in [-0.15, -0.1) is 0 Å². The summed E-state index contributed by atoms with van der Waals surface area (Å²) in [6.07, 6.45) is 0. The Hall–Kier alpha value is -1.42. The second-order valence-electron chi connectivity index (χ2n) is 3.73. The third kappa shape index (κ3) is 1.69. The van der Waals surface area contributed by atoms with Crippen molar-refractivity contribution in [1.29, 1.82) is 0 Å². The average Bonchev–Trinajstić information content (AvgIpc) is 2.17. The van der Waals surface area contributed by atoms with Crippen molar-refractivity contribution in [2.75, 3.05) is 19.8 Å². The quantitative estimate of drug-likeness (QED) is 0.411. The highest BCUT2D eigenvalue weighted by Gasteiger charge is 2.51. The maximum Gasteiger partial charge on any atom is 0.328 e. The van der Waals surface area contributed by atoms with Crippen molar-refractivity contribution in [3.63, 3.8) is 0 Å². The van der Waals surface area contributed by atoms with E-state index in [2.05, 4.69) is 13.2 Å². The number of hydrogen-bond donors (Lipinski definition) is 0. The molecule has 0 aromatic carbocycles. The largest absolute Gasteiger partial charge is 0.465 e. The van der Waals surface area contributed by atoms with Crippen molar-refractivity contribution in [2.24, 2.45) is 5.41 Å². The summed E-state index contributed by atoms with van der Waals surface area (Å²) >= 11 is 0. The number of hydrogen-bond acceptors (Lipinski definition) is 4. The van der Waals surface area contributed by atoms with Crippen LogP contribution in [0.1, 0.15) is 13.8 Å². The minimum Gasteiger partial charge on any atom is -0.465 e. The molecule has 0 unspecified atom stereocenters. The van der Waals surface area contributed by atoms with E-state index in [1.807, 2.05) is 0 Å². The topological polar surface area (TPSA) is 52.6 Å². The van der Waals surface area contributed by atoms with Crippen LogP contribution in [0.2, 0.25) is 0 Å². The number of rotatable bonds is 3. The van der Waals surface area contributed by atoms with E-state index in [1.54, 1.807) is 6.92 Å². The second-order valence-corrected chi connectivity index (χ2v) is 3.73. The number of carbonyl (C=O) groups excluding carboxylic acids is 2. The van der Waals surface area contributed by atoms with E-state index in [1.165, 1.54) is 6.92 Å². The van der Waals surface area contributed by atoms with Gasteiger partial charge in [0.2, 0.25) is 0 Å². The van der Waals surface area contributed by atoms with Gasteiger partial charge in [0.15, 0.2) is 11.2 Å². The molecule has 0 N–H and O–H groups in total. The second kappa shape index (κ2) is 4.61. The fraction of sp³-hybridized carbons (Fsp3) is 0.500. The van der Waals surface area contributed by atoms with Gasteiger partial charge in [0, 0.05) is 0 Å². The molecule has 4 heteroatoms. The third-order valence-corrected chi connectivity index (χ3v) is 2.72. The Morgan fingerprint density at radius 1 is 1.38 bits per heavy atom. The number of esters is 1. The van der Waals surface area contributed by atoms with Gasteiger partial charge in [0.25, 0.3) is 0 Å². The third-order valence-electron chi connectivity index (χ3n) is 2.72. The lowest BCUT2D eigenvalue weighted by atomic mass is 9.71. The predicted molar refractivity (Wildman–Crippen MR) is 58.8 cm³/mol. The Morgan fingerprint density at radius 2 is 1.88 bits per heavy atom. The van der Waals surface area contributed by atoms with E-state index in [0.29, 0.717) is 11.1 Å². The molecule has 0 aromatic heterocycles. The van der Waals surface area contributed by atoms with Gasteiger partial charge in [-0.1, -0.05) is 13.2 Å². The summed E-state index contributed by atoms with van der Waals surface area (Å²) in [5.41, 5.74) is -0.613. The first-order chi connectivity index (χ1) is 7.47. The first-order valence-corrected chi connectivity index (χ1v) is 5.10. The van der Waals surface area contributed by atoms with Crippen LogP contribution in [0.3, 0.4) is 0 Å². The molecule has 1 aliphatic heterocycles. The van der Waals surface area contributed by atoms with Gasteiger partial charge in [0.1, 0.15) is 0 Å². The van der Waals surface area contributed by atoms with E-state index in [0.717, 1.165) is 0 Å². The first kappa shape index (κ1) is 12.6. The number of ketones is 1. The van der Waals surface area contributed by atoms with Crippen LogP contribution in [0.25, 0.3) is 0 Å². The lowest BCUT2D eigenvalue weighted by Crippen LogP contribution is -2.47. The molecule has 1 rings (SSSR count). The molecule has 0 bridgehead atoms. The lowest BCUT2D eigenvalue weighted by Gasteiger charge is -2.36. The van der Waals surface area contributed by atoms with E-state index in [-0.39, 0.29) is 25.6 Å². The Bertz CT molecular complexity index is 338. The van der Waals surface area contributed by atoms with E-state index < -0.39 is 11.4 Å². The molecule has 0 spiro atoms. The molecule has 1 aliphatic rings. The molecule has 0 saturated carbocycles. The molecular formula is C12H16O4. The van der Waals surface area contributed by atoms with Crippen LogP contribution in [0.4, 0.5) is 0 Å². The highest BCUT2D eigenvalue weighted by molar-refractivity contribution is 6.09. The normalized spacial score (nSPS) is 19.4. The van der Waals surface area contributed by atoms with Crippen molar-refractivity contribution < 1.29 is 19.1 Å². The Balaban J connectivity index is 3.21. The molecule has 1 fully saturated rings. The molecule has 0 radical (unpaired) electrons. The summed E-state index contributed by atoms with van der Waals surface area (Å²) in [5.74, 6) is -0.912. The van der Waals surface area contributed by atoms with Crippen LogP contribution >= 0.6 is 0 Å². The molecule has 4 nitrogen and oxygen atoms in total. The van der Waals surface area contributed by atoms with Crippen molar-refractivity contribution in [2.45, 2.75) is 13.8 Å². The minimum atomic E-state index is -1.41. The van der Waals surface area contributed by atoms with E-state index >= 15 is 0 Å². The lowest BCUT2D eigenvalue weighted by molar-refractivity contribution is -0.156. The van der Waals surface area contributed by atoms with Crippen molar-refractivity contribution in [1.82, 2.24) is 0 Å². The molecule has 0 atom stereocenters. The SMILES string of the molecule is C=C1COCC(=C)C1(C(C)=O)C(=O)OCC. The highest BCUT2D eigenvalue weighted by Crippen LogP contribution is 2.39. The van der Waals surface area contributed by atoms with Gasteiger partial charge >= 0.3 is 5.97 Å². The van der Waals surface area contributed by atoms with E-state index in [9.17, 15) is 9.59 Å². The van der Waals surface area contributed by atoms with Crippen LogP contribution in [0.5, 0.6) is 0 Å². The van der Waals surface area contributed by atoms with Gasteiger partial charge in [-0.05, 0) is 25.0 Å². The van der Waals surface area contributed by atoms with Crippen molar-refractivity contribution >= 4 is 11.8 Å². The number of ether oxygens (including phenoxy) is 2. The smallest absolute Gasteiger partial charge is 0.328 e. The summed E-state index contributed by atoms with van der Waals surface area (Å²) in [6, 6.07) is 0. The Morgan fingerprint density at radius 3 is 2.25 bits per heavy atom. The summed E-state index contributed by atoms with van der Waals surface area (Å²) in [6.45, 7) is 11.1. The van der Waals surface area contributed by atoms with Gasteiger partial charge < -0.3 is 9.47 Å². The van der Waals surface area contributed by atoms with Gasteiger partial charge in [0.05, 0.1) is 19.8 Å². The van der Waals surface area contributed by atoms with E-state index in [4.69, 9.17) is 9.47 Å². The van der Waals surface area contributed by atoms with Crippen LogP contribution in [0.15, 0.2) is 24.3 Å². The van der Waals surface area contributed by atoms with Crippen LogP contribution < -0.4 is 0 Å². The molecule has 1 heterocycles. The monoisotopic (exact) mass is 224 g/mol. The fourth-order valence-corrected chi connectivity index (χ4v) is 1.93. The molecule has 16 heavy (non-hydrogen) atoms. The maximum absolute atomic E-state index is 12.0. The van der Waals surface area contributed by atoms with Crippen molar-refractivity contribution in [3.05, 3.63) is 24.3 Å². The van der Waals surface area contributed by atoms with Gasteiger partial charge in [-0.2, -0.15) is 0 Å². The standard InChI is InChI=1S/C12H16O4/c1-5-16-11(14)12(10(4)13)8(2)6-15-7-9(12)3/h2-3,5-7H2,1,4H3. The molecule has 88 valence electrons. The molecule has 0 aliphatic carbocycles. The minimum absolute atomic E-state index is 0.178. The Labute approximate surface area is 94.9 Å². The summed E-state index contributed by atoms with van der Waals surface area (Å²) < 4.78 is 10.1. The van der Waals surface area contributed by atoms with Crippen LogP contribution in [-0.4, -0.2) is 31.6 Å². The maximum atomic E-state index is 12.0. The summed E-state index contributed by atoms with van der Waals surface area (Å²) in [7, 11) is 0. The molecular weight excluding hydrogens is 208 g/mol.